The van der Waals surface area contributed by atoms with Gasteiger partial charge in [0, 0.05) is 6.20 Å². The molecule has 4 heterocycles. The largest absolute Gasteiger partial charge is 0.463 e. The minimum Gasteiger partial charge on any atom is -0.463 e. The van der Waals surface area contributed by atoms with Crippen LogP contribution in [-0.2, 0) is 6.42 Å². The van der Waals surface area contributed by atoms with Crippen LogP contribution in [0.2, 0.25) is 5.15 Å². The minimum atomic E-state index is -0.402. The normalized spacial score (nSPS) is 25.0. The third kappa shape index (κ3) is 3.22. The first-order chi connectivity index (χ1) is 15.6. The van der Waals surface area contributed by atoms with Crippen LogP contribution in [0.1, 0.15) is 38.3 Å². The van der Waals surface area contributed by atoms with E-state index in [-0.39, 0.29) is 10.8 Å². The number of hydrogen-bond acceptors (Lipinski definition) is 5. The average molecular weight is 452 g/mol. The maximum atomic E-state index is 15.7. The van der Waals surface area contributed by atoms with Gasteiger partial charge in [0.2, 0.25) is 0 Å². The van der Waals surface area contributed by atoms with Gasteiger partial charge < -0.3 is 9.40 Å². The van der Waals surface area contributed by atoms with Gasteiger partial charge in [-0.1, -0.05) is 18.5 Å². The first-order valence-electron chi connectivity index (χ1n) is 11.2. The standard InChI is InChI=1S/C24H23ClFN5O/c1-12-13-4-6-14(7-5-13)15(12)9-17-20(26)22(18-3-2-8-32-18)31-23(29-17)16-10-27-24-21(16)30-19(25)11-28-24/h2-3,8,10-15H,4-7,9H2,1H3,(H,27,28)/t12-,13?,14?,15+/m1/s1. The van der Waals surface area contributed by atoms with E-state index in [0.717, 1.165) is 5.92 Å². The van der Waals surface area contributed by atoms with E-state index in [1.807, 2.05) is 0 Å². The Labute approximate surface area is 189 Å². The van der Waals surface area contributed by atoms with Crippen molar-refractivity contribution in [3.63, 3.8) is 0 Å². The maximum Gasteiger partial charge on any atom is 0.174 e. The zero-order valence-electron chi connectivity index (χ0n) is 17.7. The summed E-state index contributed by atoms with van der Waals surface area (Å²) in [6.07, 6.45) is 10.4. The highest BCUT2D eigenvalue weighted by Crippen LogP contribution is 2.50. The quantitative estimate of drug-likeness (QED) is 0.406. The van der Waals surface area contributed by atoms with Crippen LogP contribution < -0.4 is 0 Å². The molecule has 0 aromatic carbocycles. The molecule has 3 aliphatic rings. The molecule has 3 aliphatic carbocycles. The van der Waals surface area contributed by atoms with E-state index in [4.69, 9.17) is 21.0 Å². The molecule has 1 N–H and O–H groups in total. The molecule has 3 saturated carbocycles. The Hall–Kier alpha value is -2.80. The minimum absolute atomic E-state index is 0.174. The highest BCUT2D eigenvalue weighted by Gasteiger charge is 2.41. The molecule has 0 spiro atoms. The van der Waals surface area contributed by atoms with Gasteiger partial charge in [-0.25, -0.2) is 24.3 Å². The van der Waals surface area contributed by atoms with Gasteiger partial charge in [-0.05, 0) is 67.9 Å². The van der Waals surface area contributed by atoms with E-state index in [0.29, 0.717) is 58.2 Å². The van der Waals surface area contributed by atoms with E-state index in [9.17, 15) is 0 Å². The van der Waals surface area contributed by atoms with Crippen LogP contribution in [0.15, 0.2) is 35.2 Å². The van der Waals surface area contributed by atoms with Crippen LogP contribution in [0.4, 0.5) is 4.39 Å². The summed E-state index contributed by atoms with van der Waals surface area (Å²) in [6.45, 7) is 2.32. The molecule has 7 rings (SSSR count). The lowest BCUT2D eigenvalue weighted by Gasteiger charge is -2.47. The number of rotatable bonds is 4. The highest BCUT2D eigenvalue weighted by molar-refractivity contribution is 6.29. The summed E-state index contributed by atoms with van der Waals surface area (Å²) in [5.74, 6) is 2.76. The maximum absolute atomic E-state index is 15.7. The van der Waals surface area contributed by atoms with Crippen LogP contribution in [0.3, 0.4) is 0 Å². The molecule has 6 nitrogen and oxygen atoms in total. The summed E-state index contributed by atoms with van der Waals surface area (Å²) in [5, 5.41) is 0.277. The van der Waals surface area contributed by atoms with Gasteiger partial charge in [-0.3, -0.25) is 0 Å². The molecular formula is C24H23ClFN5O. The predicted molar refractivity (Wildman–Crippen MR) is 119 cm³/mol. The second kappa shape index (κ2) is 7.66. The summed E-state index contributed by atoms with van der Waals surface area (Å²) < 4.78 is 21.2. The number of hydrogen-bond donors (Lipinski definition) is 1. The topological polar surface area (TPSA) is 80.5 Å². The zero-order valence-corrected chi connectivity index (χ0v) is 18.4. The van der Waals surface area contributed by atoms with E-state index < -0.39 is 5.82 Å². The fraction of sp³-hybridized carbons (Fsp3) is 0.417. The van der Waals surface area contributed by atoms with Crippen molar-refractivity contribution < 1.29 is 8.81 Å². The number of nitrogens with one attached hydrogen (secondary N) is 1. The van der Waals surface area contributed by atoms with Crippen molar-refractivity contribution in [2.24, 2.45) is 23.7 Å². The number of H-pyrrole nitrogens is 1. The van der Waals surface area contributed by atoms with Crippen LogP contribution >= 0.6 is 11.6 Å². The van der Waals surface area contributed by atoms with Crippen molar-refractivity contribution in [1.29, 1.82) is 0 Å². The summed E-state index contributed by atoms with van der Waals surface area (Å²) in [6, 6.07) is 3.45. The first kappa shape index (κ1) is 19.9. The van der Waals surface area contributed by atoms with Gasteiger partial charge in [0.25, 0.3) is 0 Å². The molecule has 2 atom stereocenters. The SMILES string of the molecule is C[C@@H]1C2CCC(CC2)[C@H]1Cc1nc(-c2c[nH]c3ncc(Cl)nc23)nc(-c2ccco2)c1F. The lowest BCUT2D eigenvalue weighted by molar-refractivity contribution is 0.0334. The number of aromatic amines is 1. The zero-order chi connectivity index (χ0) is 21.8. The Morgan fingerprint density at radius 3 is 2.72 bits per heavy atom. The molecule has 2 bridgehead atoms. The Morgan fingerprint density at radius 2 is 1.97 bits per heavy atom. The molecule has 0 aliphatic heterocycles. The lowest BCUT2D eigenvalue weighted by Crippen LogP contribution is -2.39. The molecule has 8 heteroatoms. The molecule has 4 aromatic heterocycles. The summed E-state index contributed by atoms with van der Waals surface area (Å²) in [4.78, 5) is 21.0. The summed E-state index contributed by atoms with van der Waals surface area (Å²) in [5.41, 5.74) is 2.40. The van der Waals surface area contributed by atoms with E-state index in [2.05, 4.69) is 26.9 Å². The van der Waals surface area contributed by atoms with Gasteiger partial charge in [-0.2, -0.15) is 0 Å². The lowest BCUT2D eigenvalue weighted by atomic mass is 9.58. The van der Waals surface area contributed by atoms with Crippen molar-refractivity contribution in [2.45, 2.75) is 39.0 Å². The Morgan fingerprint density at radius 1 is 1.16 bits per heavy atom. The fourth-order valence-electron chi connectivity index (χ4n) is 5.82. The smallest absolute Gasteiger partial charge is 0.174 e. The van der Waals surface area contributed by atoms with E-state index in [1.54, 1.807) is 18.3 Å². The van der Waals surface area contributed by atoms with Gasteiger partial charge >= 0.3 is 0 Å². The Balaban J connectivity index is 1.48. The molecule has 0 amide bonds. The Bertz CT molecular complexity index is 1280. The number of halogens is 2. The van der Waals surface area contributed by atoms with Crippen molar-refractivity contribution in [3.8, 4) is 22.8 Å². The third-order valence-corrected chi connectivity index (χ3v) is 7.72. The van der Waals surface area contributed by atoms with Crippen molar-refractivity contribution in [1.82, 2.24) is 24.9 Å². The molecular weight excluding hydrogens is 429 g/mol. The fourth-order valence-corrected chi connectivity index (χ4v) is 5.95. The Kier molecular flexibility index (Phi) is 4.75. The van der Waals surface area contributed by atoms with Crippen molar-refractivity contribution in [2.75, 3.05) is 0 Å². The number of furan rings is 1. The number of nitrogens with zero attached hydrogens (tertiary/aromatic N) is 4. The van der Waals surface area contributed by atoms with Crippen LogP contribution in [-0.4, -0.2) is 24.9 Å². The average Bonchev–Trinajstić information content (AvgIpc) is 3.48. The summed E-state index contributed by atoms with van der Waals surface area (Å²) in [7, 11) is 0. The van der Waals surface area contributed by atoms with Gasteiger partial charge in [0.15, 0.2) is 23.0 Å². The third-order valence-electron chi connectivity index (χ3n) is 7.54. The molecule has 4 aromatic rings. The molecule has 32 heavy (non-hydrogen) atoms. The van der Waals surface area contributed by atoms with Gasteiger partial charge in [0.1, 0.15) is 16.4 Å². The molecule has 3 fully saturated rings. The predicted octanol–water partition coefficient (Wildman–Crippen LogP) is 6.08. The molecule has 0 saturated heterocycles. The van der Waals surface area contributed by atoms with Crippen molar-refractivity contribution in [3.05, 3.63) is 47.5 Å². The van der Waals surface area contributed by atoms with Crippen LogP contribution in [0.5, 0.6) is 0 Å². The summed E-state index contributed by atoms with van der Waals surface area (Å²) >= 11 is 6.08. The van der Waals surface area contributed by atoms with Gasteiger partial charge in [0.05, 0.1) is 23.7 Å². The van der Waals surface area contributed by atoms with E-state index >= 15 is 4.39 Å². The highest BCUT2D eigenvalue weighted by atomic mass is 35.5. The second-order valence-electron chi connectivity index (χ2n) is 9.13. The molecule has 0 unspecified atom stereocenters. The van der Waals surface area contributed by atoms with Gasteiger partial charge in [-0.15, -0.1) is 0 Å². The second-order valence-corrected chi connectivity index (χ2v) is 9.52. The number of fused-ring (bicyclic) bond motifs is 4. The molecule has 0 radical (unpaired) electrons. The molecule has 164 valence electrons. The first-order valence-corrected chi connectivity index (χ1v) is 11.6. The monoisotopic (exact) mass is 451 g/mol. The number of aromatic nitrogens is 5. The van der Waals surface area contributed by atoms with Crippen LogP contribution in [0, 0.1) is 29.5 Å². The van der Waals surface area contributed by atoms with Crippen molar-refractivity contribution >= 4 is 22.8 Å². The van der Waals surface area contributed by atoms with E-state index in [1.165, 1.54) is 38.1 Å². The van der Waals surface area contributed by atoms with Crippen LogP contribution in [0.25, 0.3) is 34.0 Å².